The third-order valence-electron chi connectivity index (χ3n) is 3.96. The van der Waals surface area contributed by atoms with Crippen LogP contribution < -0.4 is 5.32 Å². The molecule has 0 spiro atoms. The van der Waals surface area contributed by atoms with E-state index in [9.17, 15) is 0 Å². The van der Waals surface area contributed by atoms with Crippen LogP contribution in [0.4, 0.5) is 0 Å². The zero-order valence-electron chi connectivity index (χ0n) is 12.2. The molecule has 3 unspecified atom stereocenters. The van der Waals surface area contributed by atoms with Gasteiger partial charge in [0.25, 0.3) is 0 Å². The third-order valence-corrected chi connectivity index (χ3v) is 3.96. The second-order valence-corrected chi connectivity index (χ2v) is 6.22. The topological polar surface area (TPSA) is 21.3 Å². The molecule has 0 aromatic rings. The molecule has 1 fully saturated rings. The lowest BCUT2D eigenvalue weighted by Crippen LogP contribution is -2.28. The van der Waals surface area contributed by atoms with Gasteiger partial charge in [-0.3, -0.25) is 0 Å². The van der Waals surface area contributed by atoms with Crippen molar-refractivity contribution in [3.63, 3.8) is 0 Å². The van der Waals surface area contributed by atoms with Crippen LogP contribution in [-0.2, 0) is 4.74 Å². The van der Waals surface area contributed by atoms with Gasteiger partial charge in [0.15, 0.2) is 0 Å². The zero-order chi connectivity index (χ0) is 12.7. The van der Waals surface area contributed by atoms with Gasteiger partial charge in [0.1, 0.15) is 0 Å². The Bertz CT molecular complexity index is 187. The Hall–Kier alpha value is -0.0800. The van der Waals surface area contributed by atoms with E-state index >= 15 is 0 Å². The summed E-state index contributed by atoms with van der Waals surface area (Å²) >= 11 is 0. The van der Waals surface area contributed by atoms with Crippen molar-refractivity contribution in [3.05, 3.63) is 0 Å². The second kappa shape index (κ2) is 8.10. The van der Waals surface area contributed by atoms with Crippen molar-refractivity contribution < 1.29 is 4.74 Å². The molecule has 1 rings (SSSR count). The highest BCUT2D eigenvalue weighted by Crippen LogP contribution is 2.22. The molecule has 2 heteroatoms. The standard InChI is InChI=1S/C15H31NO/c1-12(2)10-16-11-14(4)13(3)7-8-15-6-5-9-17-15/h12-16H,5-11H2,1-4H3. The Morgan fingerprint density at radius 1 is 1.12 bits per heavy atom. The van der Waals surface area contributed by atoms with Crippen molar-refractivity contribution in [2.45, 2.75) is 59.5 Å². The van der Waals surface area contributed by atoms with E-state index in [1.54, 1.807) is 0 Å². The fourth-order valence-electron chi connectivity index (χ4n) is 2.41. The van der Waals surface area contributed by atoms with E-state index in [0.29, 0.717) is 6.10 Å². The van der Waals surface area contributed by atoms with Gasteiger partial charge in [0.2, 0.25) is 0 Å². The summed E-state index contributed by atoms with van der Waals surface area (Å²) in [7, 11) is 0. The molecule has 3 atom stereocenters. The molecule has 2 nitrogen and oxygen atoms in total. The molecule has 0 bridgehead atoms. The lowest BCUT2D eigenvalue weighted by atomic mass is 9.90. The zero-order valence-corrected chi connectivity index (χ0v) is 12.2. The maximum Gasteiger partial charge on any atom is 0.0576 e. The second-order valence-electron chi connectivity index (χ2n) is 6.22. The Kier molecular flexibility index (Phi) is 7.14. The maximum atomic E-state index is 5.68. The molecule has 0 aliphatic carbocycles. The largest absolute Gasteiger partial charge is 0.378 e. The molecule has 1 saturated heterocycles. The number of ether oxygens (including phenoxy) is 1. The monoisotopic (exact) mass is 241 g/mol. The van der Waals surface area contributed by atoms with Gasteiger partial charge in [-0.2, -0.15) is 0 Å². The first-order valence-electron chi connectivity index (χ1n) is 7.42. The van der Waals surface area contributed by atoms with Gasteiger partial charge in [-0.25, -0.2) is 0 Å². The Labute approximate surface area is 108 Å². The normalized spacial score (nSPS) is 24.2. The van der Waals surface area contributed by atoms with E-state index in [1.807, 2.05) is 0 Å². The number of hydrogen-bond acceptors (Lipinski definition) is 2. The summed E-state index contributed by atoms with van der Waals surface area (Å²) in [5.41, 5.74) is 0. The molecule has 1 N–H and O–H groups in total. The summed E-state index contributed by atoms with van der Waals surface area (Å²) in [4.78, 5) is 0. The van der Waals surface area contributed by atoms with Gasteiger partial charge < -0.3 is 10.1 Å². The highest BCUT2D eigenvalue weighted by atomic mass is 16.5. The predicted octanol–water partition coefficient (Wildman–Crippen LogP) is 3.46. The Morgan fingerprint density at radius 3 is 2.47 bits per heavy atom. The van der Waals surface area contributed by atoms with E-state index in [4.69, 9.17) is 4.74 Å². The molecule has 0 amide bonds. The summed E-state index contributed by atoms with van der Waals surface area (Å²) in [5.74, 6) is 2.33. The number of hydrogen-bond donors (Lipinski definition) is 1. The number of nitrogens with one attached hydrogen (secondary N) is 1. The molecule has 0 aromatic carbocycles. The van der Waals surface area contributed by atoms with Crippen LogP contribution in [0.3, 0.4) is 0 Å². The first-order valence-corrected chi connectivity index (χ1v) is 7.42. The van der Waals surface area contributed by atoms with Crippen molar-refractivity contribution in [2.24, 2.45) is 17.8 Å². The van der Waals surface area contributed by atoms with Gasteiger partial charge in [-0.15, -0.1) is 0 Å². The average molecular weight is 241 g/mol. The minimum atomic E-state index is 0.563. The fraction of sp³-hybridized carbons (Fsp3) is 1.00. The van der Waals surface area contributed by atoms with Crippen LogP contribution in [0.2, 0.25) is 0 Å². The van der Waals surface area contributed by atoms with Gasteiger partial charge in [0, 0.05) is 6.61 Å². The van der Waals surface area contributed by atoms with Crippen LogP contribution in [-0.4, -0.2) is 25.8 Å². The van der Waals surface area contributed by atoms with Crippen LogP contribution in [0.1, 0.15) is 53.4 Å². The van der Waals surface area contributed by atoms with E-state index in [2.05, 4.69) is 33.0 Å². The molecule has 1 heterocycles. The Balaban J connectivity index is 2.06. The smallest absolute Gasteiger partial charge is 0.0576 e. The van der Waals surface area contributed by atoms with Crippen LogP contribution in [0.15, 0.2) is 0 Å². The summed E-state index contributed by atoms with van der Waals surface area (Å²) < 4.78 is 5.68. The van der Waals surface area contributed by atoms with Crippen molar-refractivity contribution in [2.75, 3.05) is 19.7 Å². The lowest BCUT2D eigenvalue weighted by molar-refractivity contribution is 0.0960. The Morgan fingerprint density at radius 2 is 1.88 bits per heavy atom. The summed E-state index contributed by atoms with van der Waals surface area (Å²) in [6, 6.07) is 0. The molecule has 0 radical (unpaired) electrons. The molecule has 17 heavy (non-hydrogen) atoms. The maximum absolute atomic E-state index is 5.68. The lowest BCUT2D eigenvalue weighted by Gasteiger charge is -2.22. The molecular weight excluding hydrogens is 210 g/mol. The van der Waals surface area contributed by atoms with E-state index in [-0.39, 0.29) is 0 Å². The third kappa shape index (κ3) is 6.42. The molecule has 0 aromatic heterocycles. The first kappa shape index (κ1) is 15.0. The van der Waals surface area contributed by atoms with Crippen molar-refractivity contribution in [1.82, 2.24) is 5.32 Å². The molecule has 1 aliphatic heterocycles. The minimum Gasteiger partial charge on any atom is -0.378 e. The van der Waals surface area contributed by atoms with Crippen molar-refractivity contribution in [3.8, 4) is 0 Å². The highest BCUT2D eigenvalue weighted by Gasteiger charge is 2.18. The van der Waals surface area contributed by atoms with E-state index < -0.39 is 0 Å². The first-order chi connectivity index (χ1) is 8.09. The summed E-state index contributed by atoms with van der Waals surface area (Å²) in [5, 5.41) is 3.56. The predicted molar refractivity (Wildman–Crippen MR) is 74.2 cm³/mol. The van der Waals surface area contributed by atoms with E-state index in [0.717, 1.165) is 37.5 Å². The SMILES string of the molecule is CC(C)CNCC(C)C(C)CCC1CCCO1. The molecular formula is C15H31NO. The van der Waals surface area contributed by atoms with Crippen molar-refractivity contribution in [1.29, 1.82) is 0 Å². The quantitative estimate of drug-likeness (QED) is 0.702. The van der Waals surface area contributed by atoms with Crippen LogP contribution in [0.25, 0.3) is 0 Å². The van der Waals surface area contributed by atoms with Crippen LogP contribution >= 0.6 is 0 Å². The summed E-state index contributed by atoms with van der Waals surface area (Å²) in [6.45, 7) is 12.6. The number of rotatable bonds is 8. The van der Waals surface area contributed by atoms with Crippen molar-refractivity contribution >= 4 is 0 Å². The fourth-order valence-corrected chi connectivity index (χ4v) is 2.41. The summed E-state index contributed by atoms with van der Waals surface area (Å²) in [6.07, 6.45) is 5.69. The van der Waals surface area contributed by atoms with Gasteiger partial charge >= 0.3 is 0 Å². The minimum absolute atomic E-state index is 0.563. The molecule has 1 aliphatic rings. The highest BCUT2D eigenvalue weighted by molar-refractivity contribution is 4.70. The van der Waals surface area contributed by atoms with Gasteiger partial charge in [-0.05, 0) is 56.5 Å². The van der Waals surface area contributed by atoms with Gasteiger partial charge in [-0.1, -0.05) is 27.7 Å². The average Bonchev–Trinajstić information content (AvgIpc) is 2.78. The van der Waals surface area contributed by atoms with E-state index in [1.165, 1.54) is 25.7 Å². The molecule has 0 saturated carbocycles. The van der Waals surface area contributed by atoms with Crippen LogP contribution in [0, 0.1) is 17.8 Å². The molecule has 102 valence electrons. The van der Waals surface area contributed by atoms with Gasteiger partial charge in [0.05, 0.1) is 6.10 Å². The van der Waals surface area contributed by atoms with Crippen LogP contribution in [0.5, 0.6) is 0 Å².